The normalized spacial score (nSPS) is 11.7. The minimum atomic E-state index is -4.00. The summed E-state index contributed by atoms with van der Waals surface area (Å²) in [6.45, 7) is 9.92. The van der Waals surface area contributed by atoms with Gasteiger partial charge in [-0.2, -0.15) is 8.42 Å². The van der Waals surface area contributed by atoms with Crippen molar-refractivity contribution in [3.63, 3.8) is 0 Å². The average Bonchev–Trinajstić information content (AvgIpc) is 2.91. The van der Waals surface area contributed by atoms with Crippen LogP contribution in [-0.4, -0.2) is 43.5 Å². The molecule has 1 aromatic carbocycles. The molecule has 222 valence electrons. The van der Waals surface area contributed by atoms with Crippen molar-refractivity contribution in [2.45, 2.75) is 141 Å². The lowest BCUT2D eigenvalue weighted by atomic mass is 10.1. The van der Waals surface area contributed by atoms with Gasteiger partial charge in [-0.1, -0.05) is 135 Å². The van der Waals surface area contributed by atoms with Crippen molar-refractivity contribution in [1.29, 1.82) is 0 Å². The zero-order valence-corrected chi connectivity index (χ0v) is 25.7. The second-order valence-corrected chi connectivity index (χ2v) is 11.7. The Hall–Kier alpha value is -1.60. The lowest BCUT2D eigenvalue weighted by Crippen LogP contribution is -2.39. The molecule has 1 rings (SSSR count). The third kappa shape index (κ3) is 22.4. The van der Waals surface area contributed by atoms with Crippen LogP contribution < -0.4 is 5.73 Å². The summed E-state index contributed by atoms with van der Waals surface area (Å²) >= 11 is 0. The fourth-order valence-corrected chi connectivity index (χ4v) is 4.79. The molecule has 7 heteroatoms. The maximum atomic E-state index is 10.4. The van der Waals surface area contributed by atoms with Gasteiger partial charge in [-0.25, -0.2) is 0 Å². The predicted octanol–water partition coefficient (Wildman–Crippen LogP) is 8.62. The van der Waals surface area contributed by atoms with Crippen LogP contribution in [0.15, 0.2) is 40.2 Å². The first kappa shape index (κ1) is 36.4. The number of unbranched alkanes of at least 4 members (excludes halogenated alkanes) is 15. The summed E-state index contributed by atoms with van der Waals surface area (Å²) in [5.41, 5.74) is 6.38. The molecule has 0 saturated carbocycles. The molecule has 0 aliphatic carbocycles. The monoisotopic (exact) mass is 553 g/mol. The molecule has 0 bridgehead atoms. The van der Waals surface area contributed by atoms with Crippen LogP contribution in [0.25, 0.3) is 0 Å². The van der Waals surface area contributed by atoms with Gasteiger partial charge >= 0.3 is 0 Å². The van der Waals surface area contributed by atoms with E-state index < -0.39 is 10.1 Å². The Kier molecular flexibility index (Phi) is 24.6. The molecule has 0 aliphatic rings. The maximum absolute atomic E-state index is 10.4. The minimum absolute atomic E-state index is 0.0741. The average molecular weight is 554 g/mol. The van der Waals surface area contributed by atoms with E-state index in [9.17, 15) is 8.42 Å². The molecule has 0 amide bonds. The van der Waals surface area contributed by atoms with Gasteiger partial charge in [-0.15, -0.1) is 0 Å². The van der Waals surface area contributed by atoms with E-state index in [2.05, 4.69) is 25.7 Å². The lowest BCUT2D eigenvalue weighted by molar-refractivity contribution is 0.379. The van der Waals surface area contributed by atoms with Crippen LogP contribution in [0.2, 0.25) is 0 Å². The van der Waals surface area contributed by atoms with Gasteiger partial charge in [0.25, 0.3) is 10.1 Å². The summed E-state index contributed by atoms with van der Waals surface area (Å²) in [4.78, 5) is 7.02. The van der Waals surface area contributed by atoms with E-state index in [1.807, 2.05) is 0 Å². The summed E-state index contributed by atoms with van der Waals surface area (Å²) in [5.74, 6) is 0.802. The van der Waals surface area contributed by atoms with Gasteiger partial charge in [-0.3, -0.25) is 9.55 Å². The molecular formula is C31H59N3O3S. The van der Waals surface area contributed by atoms with Crippen LogP contribution in [0, 0.1) is 0 Å². The van der Waals surface area contributed by atoms with Crippen molar-refractivity contribution >= 4 is 16.1 Å². The molecule has 0 heterocycles. The van der Waals surface area contributed by atoms with Gasteiger partial charge < -0.3 is 10.6 Å². The van der Waals surface area contributed by atoms with Crippen LogP contribution in [0.4, 0.5) is 0 Å². The molecule has 0 aromatic heterocycles. The molecule has 0 saturated heterocycles. The lowest BCUT2D eigenvalue weighted by Gasteiger charge is -2.24. The fraction of sp³-hybridized carbons (Fsp3) is 0.774. The Morgan fingerprint density at radius 1 is 0.684 bits per heavy atom. The van der Waals surface area contributed by atoms with E-state index in [-0.39, 0.29) is 4.90 Å². The van der Waals surface area contributed by atoms with Gasteiger partial charge in [-0.05, 0) is 31.4 Å². The fourth-order valence-electron chi connectivity index (χ4n) is 4.29. The Morgan fingerprint density at radius 3 is 1.47 bits per heavy atom. The molecule has 0 spiro atoms. The largest absolute Gasteiger partial charge is 0.370 e. The molecule has 0 unspecified atom stereocenters. The summed E-state index contributed by atoms with van der Waals surface area (Å²) < 4.78 is 29.2. The van der Waals surface area contributed by atoms with Gasteiger partial charge in [0.2, 0.25) is 0 Å². The predicted molar refractivity (Wildman–Crippen MR) is 164 cm³/mol. The van der Waals surface area contributed by atoms with E-state index >= 15 is 0 Å². The van der Waals surface area contributed by atoms with Crippen molar-refractivity contribution in [2.75, 3.05) is 19.6 Å². The van der Waals surface area contributed by atoms with Crippen LogP contribution in [0.3, 0.4) is 0 Å². The minimum Gasteiger partial charge on any atom is -0.370 e. The van der Waals surface area contributed by atoms with Crippen molar-refractivity contribution in [3.05, 3.63) is 30.3 Å². The van der Waals surface area contributed by atoms with E-state index in [1.54, 1.807) is 18.2 Å². The molecular weight excluding hydrogens is 494 g/mol. The summed E-state index contributed by atoms with van der Waals surface area (Å²) in [6, 6.07) is 7.42. The first-order valence-corrected chi connectivity index (χ1v) is 16.9. The van der Waals surface area contributed by atoms with Crippen molar-refractivity contribution in [1.82, 2.24) is 4.90 Å². The third-order valence-corrected chi connectivity index (χ3v) is 7.58. The summed E-state index contributed by atoms with van der Waals surface area (Å²) in [6.07, 6.45) is 24.0. The zero-order chi connectivity index (χ0) is 28.3. The molecule has 38 heavy (non-hydrogen) atoms. The van der Waals surface area contributed by atoms with Gasteiger partial charge in [0.15, 0.2) is 5.96 Å². The Morgan fingerprint density at radius 2 is 1.08 bits per heavy atom. The summed E-state index contributed by atoms with van der Waals surface area (Å²) in [5, 5.41) is 0. The van der Waals surface area contributed by atoms with E-state index in [0.29, 0.717) is 0 Å². The number of hydrogen-bond acceptors (Lipinski definition) is 3. The first-order valence-electron chi connectivity index (χ1n) is 15.4. The first-order chi connectivity index (χ1) is 18.4. The topological polar surface area (TPSA) is 96.0 Å². The van der Waals surface area contributed by atoms with Gasteiger partial charge in [0.05, 0.1) is 4.90 Å². The molecule has 0 aliphatic heterocycles. The number of hydrogen-bond donors (Lipinski definition) is 2. The quantitative estimate of drug-likeness (QED) is 0.0648. The second-order valence-electron chi connectivity index (χ2n) is 10.3. The molecule has 0 radical (unpaired) electrons. The number of rotatable bonds is 22. The van der Waals surface area contributed by atoms with Crippen molar-refractivity contribution < 1.29 is 13.0 Å². The number of guanidine groups is 1. The SMILES string of the molecule is CCCCCCCCN=C(N)N(CCCCCCCC)CCCCCCCC.O=S(=O)(O)c1ccccc1. The Labute approximate surface area is 235 Å². The number of aliphatic imine (C=N–C) groups is 1. The molecule has 0 atom stereocenters. The Balaban J connectivity index is 0.00000113. The van der Waals surface area contributed by atoms with Crippen LogP contribution in [0.5, 0.6) is 0 Å². The van der Waals surface area contributed by atoms with Crippen molar-refractivity contribution in [2.24, 2.45) is 10.7 Å². The highest BCUT2D eigenvalue weighted by Gasteiger charge is 2.08. The highest BCUT2D eigenvalue weighted by Crippen LogP contribution is 2.10. The highest BCUT2D eigenvalue weighted by atomic mass is 32.2. The third-order valence-electron chi connectivity index (χ3n) is 6.71. The van der Waals surface area contributed by atoms with Crippen LogP contribution in [0.1, 0.15) is 136 Å². The van der Waals surface area contributed by atoms with Crippen LogP contribution >= 0.6 is 0 Å². The highest BCUT2D eigenvalue weighted by molar-refractivity contribution is 7.85. The smallest absolute Gasteiger partial charge is 0.294 e. The molecule has 1 aromatic rings. The molecule has 3 N–H and O–H groups in total. The molecule has 6 nitrogen and oxygen atoms in total. The van der Waals surface area contributed by atoms with Crippen LogP contribution in [-0.2, 0) is 10.1 Å². The molecule has 0 fully saturated rings. The Bertz CT molecular complexity index is 754. The second kappa shape index (κ2) is 25.7. The van der Waals surface area contributed by atoms with E-state index in [0.717, 1.165) is 25.6 Å². The number of benzene rings is 1. The number of nitrogens with two attached hydrogens (primary N) is 1. The van der Waals surface area contributed by atoms with E-state index in [1.165, 1.54) is 128 Å². The van der Waals surface area contributed by atoms with Crippen molar-refractivity contribution in [3.8, 4) is 0 Å². The standard InChI is InChI=1S/C25H53N3.C6H6O3S/c1-4-7-10-13-16-19-22-27-25(26)28(23-20-17-14-11-8-5-2)24-21-18-15-12-9-6-3;7-10(8,9)6-4-2-1-3-5-6/h4-24H2,1-3H3,(H2,26,27);1-5H,(H,7,8,9). The van der Waals surface area contributed by atoms with Gasteiger partial charge in [0.1, 0.15) is 0 Å². The summed E-state index contributed by atoms with van der Waals surface area (Å²) in [7, 11) is -4.00. The van der Waals surface area contributed by atoms with E-state index in [4.69, 9.17) is 15.3 Å². The zero-order valence-electron chi connectivity index (χ0n) is 24.9. The van der Waals surface area contributed by atoms with Gasteiger partial charge in [0, 0.05) is 19.6 Å². The maximum Gasteiger partial charge on any atom is 0.294 e. The number of nitrogens with zero attached hydrogens (tertiary/aromatic N) is 2.